The lowest BCUT2D eigenvalue weighted by molar-refractivity contribution is 0.0303. The number of nitrogens with two attached hydrogens (primary N) is 1. The number of anilines is 4. The monoisotopic (exact) mass is 564 g/mol. The van der Waals surface area contributed by atoms with Crippen molar-refractivity contribution in [3.8, 4) is 0 Å². The topological polar surface area (TPSA) is 155 Å². The van der Waals surface area contributed by atoms with Gasteiger partial charge in [-0.25, -0.2) is 14.8 Å². The van der Waals surface area contributed by atoms with E-state index in [1.807, 2.05) is 6.92 Å². The third kappa shape index (κ3) is 6.66. The summed E-state index contributed by atoms with van der Waals surface area (Å²) in [5, 5.41) is 9.61. The van der Waals surface area contributed by atoms with Gasteiger partial charge in [0.2, 0.25) is 0 Å². The Morgan fingerprint density at radius 3 is 2.55 bits per heavy atom. The number of aryl methyl sites for hydroxylation is 1. The summed E-state index contributed by atoms with van der Waals surface area (Å²) in [7, 11) is 0. The fourth-order valence-corrected chi connectivity index (χ4v) is 5.41. The Morgan fingerprint density at radius 2 is 1.85 bits per heavy atom. The quantitative estimate of drug-likeness (QED) is 0.341. The van der Waals surface area contributed by atoms with Crippen LogP contribution >= 0.6 is 11.3 Å². The smallest absolute Gasteiger partial charge is 0.321 e. The van der Waals surface area contributed by atoms with Gasteiger partial charge in [-0.1, -0.05) is 0 Å². The van der Waals surface area contributed by atoms with E-state index in [2.05, 4.69) is 30.8 Å². The van der Waals surface area contributed by atoms with Crippen LogP contribution in [0.25, 0.3) is 0 Å². The van der Waals surface area contributed by atoms with Gasteiger partial charge < -0.3 is 30.9 Å². The number of rotatable bonds is 7. The average molecular weight is 565 g/mol. The highest BCUT2D eigenvalue weighted by Crippen LogP contribution is 2.27. The number of nitrogens with one attached hydrogen (secondary N) is 3. The van der Waals surface area contributed by atoms with Crippen molar-refractivity contribution in [2.75, 3.05) is 54.9 Å². The average Bonchev–Trinajstić information content (AvgIpc) is 3.37. The van der Waals surface area contributed by atoms with Gasteiger partial charge in [-0.3, -0.25) is 14.9 Å². The second kappa shape index (κ2) is 12.3. The van der Waals surface area contributed by atoms with Crippen LogP contribution < -0.4 is 26.6 Å². The molecular formula is C27H32N8O4S. The van der Waals surface area contributed by atoms with Crippen molar-refractivity contribution in [3.05, 3.63) is 58.7 Å². The van der Waals surface area contributed by atoms with E-state index in [0.29, 0.717) is 60.7 Å². The highest BCUT2D eigenvalue weighted by Gasteiger charge is 2.24. The molecule has 12 nitrogen and oxygen atoms in total. The lowest BCUT2D eigenvalue weighted by Crippen LogP contribution is -2.49. The number of carbonyl (C=O) groups is 3. The molecule has 2 aliphatic heterocycles. The maximum Gasteiger partial charge on any atom is 0.321 e. The number of primary amides is 1. The van der Waals surface area contributed by atoms with Gasteiger partial charge in [0.05, 0.1) is 24.5 Å². The summed E-state index contributed by atoms with van der Waals surface area (Å²) in [6.07, 6.45) is 4.88. The SMILES string of the molecule is Cc1cnc(NC(=O)N[C@@H]2CCCN(c3cc(Nc4ccc(C(=O)N5CCOCC5)cc4)c(C(N)=O)cn3)C2)s1. The number of amides is 4. The van der Waals surface area contributed by atoms with Crippen LogP contribution in [0.5, 0.6) is 0 Å². The first-order valence-corrected chi connectivity index (χ1v) is 14.0. The molecule has 0 aliphatic carbocycles. The normalized spacial score (nSPS) is 17.3. The van der Waals surface area contributed by atoms with Gasteiger partial charge in [0.25, 0.3) is 11.8 Å². The Balaban J connectivity index is 1.26. The first-order chi connectivity index (χ1) is 19.4. The van der Waals surface area contributed by atoms with Gasteiger partial charge in [-0.05, 0) is 44.0 Å². The van der Waals surface area contributed by atoms with Crippen molar-refractivity contribution in [2.24, 2.45) is 5.73 Å². The molecule has 2 fully saturated rings. The summed E-state index contributed by atoms with van der Waals surface area (Å²) in [4.78, 5) is 50.9. The maximum absolute atomic E-state index is 12.8. The number of aromatic nitrogens is 2. The molecule has 4 amide bonds. The Hall–Kier alpha value is -4.23. The number of benzene rings is 1. The van der Waals surface area contributed by atoms with Crippen LogP contribution in [0.15, 0.2) is 42.7 Å². The number of ether oxygens (including phenoxy) is 1. The predicted octanol–water partition coefficient (Wildman–Crippen LogP) is 2.95. The van der Waals surface area contributed by atoms with Gasteiger partial charge in [0, 0.05) is 66.8 Å². The van der Waals surface area contributed by atoms with Crippen LogP contribution in [-0.2, 0) is 4.74 Å². The second-order valence-electron chi connectivity index (χ2n) is 9.72. The van der Waals surface area contributed by atoms with Gasteiger partial charge in [-0.15, -0.1) is 11.3 Å². The number of pyridine rings is 1. The van der Waals surface area contributed by atoms with Gasteiger partial charge in [0.1, 0.15) is 5.82 Å². The molecule has 210 valence electrons. The van der Waals surface area contributed by atoms with Crippen molar-refractivity contribution in [3.63, 3.8) is 0 Å². The predicted molar refractivity (Wildman–Crippen MR) is 153 cm³/mol. The standard InChI is InChI=1S/C27H32N8O4S/c1-17-14-30-27(40-17)33-26(38)32-20-3-2-8-35(16-20)23-13-22(21(15-29-23)24(28)36)31-19-6-4-18(5-7-19)25(37)34-9-11-39-12-10-34/h4-7,13-15,20H,2-3,8-12,16H2,1H3,(H2,28,36)(H,29,31)(H2,30,32,33,38)/t20-/m1/s1. The molecule has 0 unspecified atom stereocenters. The molecule has 2 aromatic heterocycles. The summed E-state index contributed by atoms with van der Waals surface area (Å²) >= 11 is 1.42. The van der Waals surface area contributed by atoms with Gasteiger partial charge >= 0.3 is 6.03 Å². The van der Waals surface area contributed by atoms with Crippen molar-refractivity contribution >= 4 is 51.5 Å². The van der Waals surface area contributed by atoms with E-state index >= 15 is 0 Å². The molecule has 1 atom stereocenters. The zero-order valence-electron chi connectivity index (χ0n) is 22.2. The highest BCUT2D eigenvalue weighted by molar-refractivity contribution is 7.15. The number of thiazole rings is 1. The molecule has 0 spiro atoms. The highest BCUT2D eigenvalue weighted by atomic mass is 32.1. The maximum atomic E-state index is 12.8. The molecule has 13 heteroatoms. The van der Waals surface area contributed by atoms with E-state index in [1.165, 1.54) is 17.5 Å². The number of morpholine rings is 1. The molecule has 40 heavy (non-hydrogen) atoms. The summed E-state index contributed by atoms with van der Waals surface area (Å²) in [6.45, 7) is 5.48. The molecule has 0 saturated carbocycles. The van der Waals surface area contributed by atoms with Gasteiger partial charge in [-0.2, -0.15) is 0 Å². The molecule has 4 heterocycles. The third-order valence-corrected chi connectivity index (χ3v) is 7.61. The fraction of sp³-hybridized carbons (Fsp3) is 0.370. The largest absolute Gasteiger partial charge is 0.378 e. The Morgan fingerprint density at radius 1 is 1.07 bits per heavy atom. The van der Waals surface area contributed by atoms with E-state index in [9.17, 15) is 14.4 Å². The van der Waals surface area contributed by atoms with E-state index in [-0.39, 0.29) is 23.5 Å². The zero-order chi connectivity index (χ0) is 28.1. The molecule has 5 rings (SSSR count). The molecule has 0 bridgehead atoms. The first-order valence-electron chi connectivity index (χ1n) is 13.1. The van der Waals surface area contributed by atoms with Crippen LogP contribution in [0.4, 0.5) is 27.1 Å². The number of hydrogen-bond acceptors (Lipinski definition) is 9. The summed E-state index contributed by atoms with van der Waals surface area (Å²) < 4.78 is 5.33. The van der Waals surface area contributed by atoms with Crippen molar-refractivity contribution in [2.45, 2.75) is 25.8 Å². The van der Waals surface area contributed by atoms with E-state index in [1.54, 1.807) is 41.4 Å². The number of urea groups is 1. The molecule has 1 aromatic carbocycles. The Bertz CT molecular complexity index is 1370. The number of hydrogen-bond donors (Lipinski definition) is 4. The van der Waals surface area contributed by atoms with Crippen LogP contribution in [0, 0.1) is 6.92 Å². The summed E-state index contributed by atoms with van der Waals surface area (Å²) in [6, 6.07) is 8.50. The minimum Gasteiger partial charge on any atom is -0.378 e. The van der Waals surface area contributed by atoms with E-state index < -0.39 is 5.91 Å². The lowest BCUT2D eigenvalue weighted by Gasteiger charge is -2.34. The number of piperidine rings is 1. The van der Waals surface area contributed by atoms with Crippen LogP contribution in [-0.4, -0.2) is 78.1 Å². The molecule has 2 aliphatic rings. The Kier molecular flexibility index (Phi) is 8.41. The molecular weight excluding hydrogens is 532 g/mol. The van der Waals surface area contributed by atoms with E-state index in [0.717, 1.165) is 24.3 Å². The Labute approximate surface area is 235 Å². The summed E-state index contributed by atoms with van der Waals surface area (Å²) in [5.74, 6) is 0.0181. The minimum absolute atomic E-state index is 0.0393. The van der Waals surface area contributed by atoms with Crippen LogP contribution in [0.2, 0.25) is 0 Å². The lowest BCUT2D eigenvalue weighted by atomic mass is 10.1. The van der Waals surface area contributed by atoms with E-state index in [4.69, 9.17) is 10.5 Å². The van der Waals surface area contributed by atoms with Crippen molar-refractivity contribution in [1.82, 2.24) is 20.2 Å². The second-order valence-corrected chi connectivity index (χ2v) is 11.0. The minimum atomic E-state index is -0.604. The van der Waals surface area contributed by atoms with Crippen molar-refractivity contribution < 1.29 is 19.1 Å². The molecule has 2 saturated heterocycles. The molecule has 0 radical (unpaired) electrons. The molecule has 5 N–H and O–H groups in total. The summed E-state index contributed by atoms with van der Waals surface area (Å²) in [5.41, 5.74) is 7.68. The van der Waals surface area contributed by atoms with Crippen LogP contribution in [0.3, 0.4) is 0 Å². The van der Waals surface area contributed by atoms with Gasteiger partial charge in [0.15, 0.2) is 5.13 Å². The zero-order valence-corrected chi connectivity index (χ0v) is 23.0. The van der Waals surface area contributed by atoms with Crippen molar-refractivity contribution in [1.29, 1.82) is 0 Å². The van der Waals surface area contributed by atoms with Crippen LogP contribution in [0.1, 0.15) is 38.4 Å². The molecule has 3 aromatic rings. The third-order valence-electron chi connectivity index (χ3n) is 6.79. The number of nitrogens with zero attached hydrogens (tertiary/aromatic N) is 4. The number of carbonyl (C=O) groups excluding carboxylic acids is 3. The first kappa shape index (κ1) is 27.3. The fourth-order valence-electron chi connectivity index (χ4n) is 4.75.